The summed E-state index contributed by atoms with van der Waals surface area (Å²) >= 11 is 0. The van der Waals surface area contributed by atoms with Crippen LogP contribution >= 0.6 is 0 Å². The highest BCUT2D eigenvalue weighted by molar-refractivity contribution is 5.73. The molecule has 3 heterocycles. The minimum absolute atomic E-state index is 0.00825. The fourth-order valence-corrected chi connectivity index (χ4v) is 8.08. The van der Waals surface area contributed by atoms with Crippen LogP contribution in [-0.4, -0.2) is 59.0 Å². The van der Waals surface area contributed by atoms with E-state index in [-0.39, 0.29) is 64.2 Å². The maximum atomic E-state index is 13.0. The molecule has 0 radical (unpaired) electrons. The van der Waals surface area contributed by atoms with Crippen molar-refractivity contribution in [2.45, 2.75) is 160 Å². The molecule has 0 aromatic heterocycles. The number of allylic oxidation sites excluding steroid dienone is 1. The summed E-state index contributed by atoms with van der Waals surface area (Å²) in [6.45, 7) is 17.8. The van der Waals surface area contributed by atoms with E-state index in [9.17, 15) is 9.59 Å². The van der Waals surface area contributed by atoms with E-state index in [0.29, 0.717) is 12.5 Å². The largest absolute Gasteiger partial charge is 0.462 e. The fraction of sp³-hybridized carbons (Fsp3) is 0.879. The Kier molecular flexibility index (Phi) is 9.48. The number of nitrogens with one attached hydrogen (secondary N) is 2. The Bertz CT molecular complexity index is 817. The lowest BCUT2D eigenvalue weighted by molar-refractivity contribution is -0.163. The Morgan fingerprint density at radius 2 is 1.05 bits per heavy atom. The predicted octanol–water partition coefficient (Wildman–Crippen LogP) is 5.85. The van der Waals surface area contributed by atoms with E-state index in [4.69, 9.17) is 14.2 Å². The first-order chi connectivity index (χ1) is 18.5. The standard InChI is InChI=1S/C33H56N2O5/c1-30(2)17-26(18-31(3,4)34-30)39-28(36)23-12-9-22(10-13-23)11-15-25-16-14-24(21-38-25)29(37)40-27-19-32(5,6)35-33(7,8)20-27/h11,15,22-27,34-35H,9-10,12-14,16-21H2,1-8H3/b15-11+. The molecule has 4 fully saturated rings. The van der Waals surface area contributed by atoms with Gasteiger partial charge in [-0.05, 0) is 99.8 Å². The van der Waals surface area contributed by atoms with Gasteiger partial charge < -0.3 is 24.8 Å². The van der Waals surface area contributed by atoms with Crippen LogP contribution in [0.4, 0.5) is 0 Å². The Labute approximate surface area is 242 Å². The second-order valence-corrected chi connectivity index (χ2v) is 15.9. The molecule has 228 valence electrons. The lowest BCUT2D eigenvalue weighted by Gasteiger charge is -2.46. The molecule has 7 heteroatoms. The van der Waals surface area contributed by atoms with E-state index in [1.54, 1.807) is 0 Å². The minimum atomic E-state index is -0.177. The summed E-state index contributed by atoms with van der Waals surface area (Å²) < 4.78 is 18.1. The summed E-state index contributed by atoms with van der Waals surface area (Å²) in [4.78, 5) is 25.8. The van der Waals surface area contributed by atoms with Gasteiger partial charge in [0.2, 0.25) is 0 Å². The Hall–Kier alpha value is -1.44. The van der Waals surface area contributed by atoms with Crippen molar-refractivity contribution in [2.75, 3.05) is 6.61 Å². The second-order valence-electron chi connectivity index (χ2n) is 15.9. The highest BCUT2D eigenvalue weighted by Gasteiger charge is 2.42. The molecule has 2 atom stereocenters. The number of piperidine rings is 2. The maximum Gasteiger partial charge on any atom is 0.311 e. The number of rotatable bonds is 6. The summed E-state index contributed by atoms with van der Waals surface area (Å²) in [7, 11) is 0. The smallest absolute Gasteiger partial charge is 0.311 e. The van der Waals surface area contributed by atoms with E-state index in [1.165, 1.54) is 0 Å². The normalized spacial score (nSPS) is 34.3. The first kappa shape index (κ1) is 31.5. The van der Waals surface area contributed by atoms with Crippen LogP contribution in [0.1, 0.15) is 120 Å². The molecular weight excluding hydrogens is 504 g/mol. The monoisotopic (exact) mass is 560 g/mol. The van der Waals surface area contributed by atoms with Crippen LogP contribution in [0.15, 0.2) is 12.2 Å². The van der Waals surface area contributed by atoms with Gasteiger partial charge in [-0.2, -0.15) is 0 Å². The molecule has 0 amide bonds. The zero-order chi connectivity index (χ0) is 29.3. The van der Waals surface area contributed by atoms with Crippen LogP contribution < -0.4 is 10.6 Å². The highest BCUT2D eigenvalue weighted by atomic mass is 16.6. The molecule has 3 saturated heterocycles. The first-order valence-electron chi connectivity index (χ1n) is 15.8. The van der Waals surface area contributed by atoms with Crippen molar-refractivity contribution in [1.82, 2.24) is 10.6 Å². The van der Waals surface area contributed by atoms with Crippen molar-refractivity contribution in [3.63, 3.8) is 0 Å². The van der Waals surface area contributed by atoms with E-state index < -0.39 is 0 Å². The number of hydrogen-bond acceptors (Lipinski definition) is 7. The van der Waals surface area contributed by atoms with Gasteiger partial charge in [0.1, 0.15) is 12.2 Å². The van der Waals surface area contributed by atoms with Crippen molar-refractivity contribution >= 4 is 11.9 Å². The number of esters is 2. The van der Waals surface area contributed by atoms with E-state index in [1.807, 2.05) is 0 Å². The van der Waals surface area contributed by atoms with Crippen LogP contribution in [0.5, 0.6) is 0 Å². The van der Waals surface area contributed by atoms with Crippen molar-refractivity contribution in [3.05, 3.63) is 12.2 Å². The Balaban J connectivity index is 1.16. The SMILES string of the molecule is CC1(C)CC(OC(=O)C2CCC(/C=C/C3CCC(C(=O)OC4CC(C)(C)NC(C)(C)C4)CO3)CC2)CC(C)(C)N1. The van der Waals surface area contributed by atoms with E-state index >= 15 is 0 Å². The van der Waals surface area contributed by atoms with Gasteiger partial charge in [0.25, 0.3) is 0 Å². The average Bonchev–Trinajstić information content (AvgIpc) is 2.79. The molecule has 3 aliphatic heterocycles. The van der Waals surface area contributed by atoms with Crippen LogP contribution in [0.3, 0.4) is 0 Å². The molecule has 0 bridgehead atoms. The topological polar surface area (TPSA) is 85.9 Å². The average molecular weight is 561 g/mol. The third kappa shape index (κ3) is 9.03. The molecule has 4 rings (SSSR count). The van der Waals surface area contributed by atoms with Gasteiger partial charge in [-0.15, -0.1) is 0 Å². The number of hydrogen-bond donors (Lipinski definition) is 2. The van der Waals surface area contributed by atoms with Crippen molar-refractivity contribution in [3.8, 4) is 0 Å². The number of carbonyl (C=O) groups is 2. The van der Waals surface area contributed by atoms with Gasteiger partial charge >= 0.3 is 11.9 Å². The van der Waals surface area contributed by atoms with Crippen LogP contribution in [0, 0.1) is 17.8 Å². The van der Waals surface area contributed by atoms with Crippen LogP contribution in [0.25, 0.3) is 0 Å². The molecular formula is C33H56N2O5. The number of ether oxygens (including phenoxy) is 3. The molecule has 0 aromatic carbocycles. The van der Waals surface area contributed by atoms with Gasteiger partial charge in [-0.1, -0.05) is 12.2 Å². The molecule has 0 aromatic rings. The fourth-order valence-electron chi connectivity index (χ4n) is 8.08. The van der Waals surface area contributed by atoms with Crippen molar-refractivity contribution in [1.29, 1.82) is 0 Å². The molecule has 0 spiro atoms. The molecule has 4 aliphatic rings. The zero-order valence-electron chi connectivity index (χ0n) is 26.4. The molecule has 40 heavy (non-hydrogen) atoms. The molecule has 7 nitrogen and oxygen atoms in total. The summed E-state index contributed by atoms with van der Waals surface area (Å²) in [5.41, 5.74) is -0.157. The maximum absolute atomic E-state index is 13.0. The molecule has 1 aliphatic carbocycles. The Morgan fingerprint density at radius 1 is 0.625 bits per heavy atom. The summed E-state index contributed by atoms with van der Waals surface area (Å²) in [5.74, 6) is 0.190. The minimum Gasteiger partial charge on any atom is -0.462 e. The van der Waals surface area contributed by atoms with Crippen molar-refractivity contribution < 1.29 is 23.8 Å². The molecule has 2 N–H and O–H groups in total. The molecule has 2 unspecified atom stereocenters. The quantitative estimate of drug-likeness (QED) is 0.311. The second kappa shape index (κ2) is 12.0. The highest BCUT2D eigenvalue weighted by Crippen LogP contribution is 2.35. The van der Waals surface area contributed by atoms with Gasteiger partial charge in [-0.25, -0.2) is 0 Å². The van der Waals surface area contributed by atoms with E-state index in [0.717, 1.165) is 64.2 Å². The lowest BCUT2D eigenvalue weighted by Crippen LogP contribution is -2.60. The van der Waals surface area contributed by atoms with Gasteiger partial charge in [0.15, 0.2) is 0 Å². The molecule has 1 saturated carbocycles. The van der Waals surface area contributed by atoms with Crippen LogP contribution in [-0.2, 0) is 23.8 Å². The van der Waals surface area contributed by atoms with Gasteiger partial charge in [0.05, 0.1) is 24.5 Å². The number of carbonyl (C=O) groups excluding carboxylic acids is 2. The third-order valence-electron chi connectivity index (χ3n) is 9.22. The van der Waals surface area contributed by atoms with Gasteiger partial charge in [-0.3, -0.25) is 9.59 Å². The van der Waals surface area contributed by atoms with Gasteiger partial charge in [0, 0.05) is 47.8 Å². The predicted molar refractivity (Wildman–Crippen MR) is 158 cm³/mol. The Morgan fingerprint density at radius 3 is 1.48 bits per heavy atom. The third-order valence-corrected chi connectivity index (χ3v) is 9.22. The van der Waals surface area contributed by atoms with Crippen molar-refractivity contribution in [2.24, 2.45) is 17.8 Å². The van der Waals surface area contributed by atoms with Crippen LogP contribution in [0.2, 0.25) is 0 Å². The lowest BCUT2D eigenvalue weighted by atomic mass is 9.80. The zero-order valence-corrected chi connectivity index (χ0v) is 26.4. The summed E-state index contributed by atoms with van der Waals surface area (Å²) in [5, 5.41) is 7.30. The van der Waals surface area contributed by atoms with E-state index in [2.05, 4.69) is 78.2 Å². The summed E-state index contributed by atoms with van der Waals surface area (Å²) in [6, 6.07) is 0. The summed E-state index contributed by atoms with van der Waals surface area (Å²) in [6.07, 6.45) is 13.2. The first-order valence-corrected chi connectivity index (χ1v) is 15.8.